The average Bonchev–Trinajstić information content (AvgIpc) is 2.88. The van der Waals surface area contributed by atoms with Crippen LogP contribution in [-0.2, 0) is 23.8 Å². The number of rotatable bonds is 9. The van der Waals surface area contributed by atoms with Crippen LogP contribution >= 0.6 is 0 Å². The molecule has 110 valence electrons. The number of carboxylic acids is 1. The van der Waals surface area contributed by atoms with Gasteiger partial charge in [-0.15, -0.1) is 0 Å². The van der Waals surface area contributed by atoms with Gasteiger partial charge in [0.05, 0.1) is 25.9 Å². The van der Waals surface area contributed by atoms with Crippen LogP contribution < -0.4 is 5.32 Å². The van der Waals surface area contributed by atoms with Gasteiger partial charge in [-0.3, -0.25) is 4.79 Å². The van der Waals surface area contributed by atoms with Crippen LogP contribution in [0.4, 0.5) is 0 Å². The van der Waals surface area contributed by atoms with Gasteiger partial charge >= 0.3 is 5.97 Å². The molecular weight excluding hydrogens is 254 g/mol. The zero-order chi connectivity index (χ0) is 14.1. The average molecular weight is 275 g/mol. The van der Waals surface area contributed by atoms with E-state index in [-0.39, 0.29) is 25.0 Å². The van der Waals surface area contributed by atoms with Gasteiger partial charge in [-0.2, -0.15) is 0 Å². The molecule has 0 spiro atoms. The van der Waals surface area contributed by atoms with Gasteiger partial charge in [0.15, 0.2) is 6.10 Å². The van der Waals surface area contributed by atoms with E-state index in [4.69, 9.17) is 19.3 Å². The summed E-state index contributed by atoms with van der Waals surface area (Å²) in [7, 11) is 1.29. The van der Waals surface area contributed by atoms with Crippen LogP contribution in [0.1, 0.15) is 19.3 Å². The van der Waals surface area contributed by atoms with Crippen molar-refractivity contribution >= 4 is 11.9 Å². The Morgan fingerprint density at radius 3 is 2.89 bits per heavy atom. The molecule has 19 heavy (non-hydrogen) atoms. The Kier molecular flexibility index (Phi) is 7.39. The first-order valence-corrected chi connectivity index (χ1v) is 6.35. The van der Waals surface area contributed by atoms with Crippen molar-refractivity contribution in [2.75, 3.05) is 33.5 Å². The number of methoxy groups -OCH3 is 1. The molecule has 2 unspecified atom stereocenters. The summed E-state index contributed by atoms with van der Waals surface area (Å²) in [6.07, 6.45) is 1.38. The van der Waals surface area contributed by atoms with Crippen LogP contribution in [0.25, 0.3) is 0 Å². The lowest BCUT2D eigenvalue weighted by molar-refractivity contribution is -0.148. The Morgan fingerprint density at radius 2 is 2.32 bits per heavy atom. The third-order valence-electron chi connectivity index (χ3n) is 2.85. The summed E-state index contributed by atoms with van der Waals surface area (Å²) < 4.78 is 15.4. The SMILES string of the molecule is COC(CNC(=O)CCOCC1CCCO1)C(=O)O. The molecule has 2 atom stereocenters. The molecular formula is C12H21NO6. The first kappa shape index (κ1) is 15.9. The Hall–Kier alpha value is -1.18. The Morgan fingerprint density at radius 1 is 1.53 bits per heavy atom. The van der Waals surface area contributed by atoms with Crippen molar-refractivity contribution in [3.63, 3.8) is 0 Å². The number of hydrogen-bond acceptors (Lipinski definition) is 5. The summed E-state index contributed by atoms with van der Waals surface area (Å²) in [5.74, 6) is -1.35. The number of carbonyl (C=O) groups is 2. The van der Waals surface area contributed by atoms with E-state index in [0.29, 0.717) is 13.2 Å². The zero-order valence-electron chi connectivity index (χ0n) is 11.1. The van der Waals surface area contributed by atoms with Crippen molar-refractivity contribution in [2.24, 2.45) is 0 Å². The smallest absolute Gasteiger partial charge is 0.334 e. The minimum atomic E-state index is -1.10. The second kappa shape index (κ2) is 8.84. The van der Waals surface area contributed by atoms with Crippen molar-refractivity contribution in [3.05, 3.63) is 0 Å². The van der Waals surface area contributed by atoms with Crippen molar-refractivity contribution in [1.29, 1.82) is 0 Å². The second-order valence-electron chi connectivity index (χ2n) is 4.33. The minimum absolute atomic E-state index is 0.0452. The summed E-state index contributed by atoms with van der Waals surface area (Å²) in [4.78, 5) is 22.0. The predicted octanol–water partition coefficient (Wildman–Crippen LogP) is -0.212. The molecule has 1 amide bonds. The highest BCUT2D eigenvalue weighted by molar-refractivity contribution is 5.78. The molecule has 0 aromatic carbocycles. The molecule has 7 heteroatoms. The van der Waals surface area contributed by atoms with Gasteiger partial charge in [0, 0.05) is 20.1 Å². The molecule has 0 aliphatic carbocycles. The van der Waals surface area contributed by atoms with E-state index in [2.05, 4.69) is 5.32 Å². The Bertz CT molecular complexity index is 290. The lowest BCUT2D eigenvalue weighted by Crippen LogP contribution is -2.38. The summed E-state index contributed by atoms with van der Waals surface area (Å²) in [5.41, 5.74) is 0. The van der Waals surface area contributed by atoms with E-state index in [1.54, 1.807) is 0 Å². The lowest BCUT2D eigenvalue weighted by Gasteiger charge is -2.12. The van der Waals surface area contributed by atoms with Crippen LogP contribution in [0.15, 0.2) is 0 Å². The largest absolute Gasteiger partial charge is 0.479 e. The second-order valence-corrected chi connectivity index (χ2v) is 4.33. The summed E-state index contributed by atoms with van der Waals surface area (Å²) in [6.45, 7) is 1.54. The highest BCUT2D eigenvalue weighted by Gasteiger charge is 2.17. The molecule has 0 radical (unpaired) electrons. The molecule has 0 aromatic rings. The number of aliphatic carboxylic acids is 1. The van der Waals surface area contributed by atoms with Gasteiger partial charge in [-0.1, -0.05) is 0 Å². The van der Waals surface area contributed by atoms with Gasteiger partial charge in [-0.05, 0) is 12.8 Å². The molecule has 2 N–H and O–H groups in total. The first-order chi connectivity index (χ1) is 9.13. The van der Waals surface area contributed by atoms with Gasteiger partial charge in [0.2, 0.25) is 5.91 Å². The molecule has 0 bridgehead atoms. The molecule has 1 fully saturated rings. The standard InChI is InChI=1S/C12H21NO6/c1-17-10(12(15)16)7-13-11(14)4-6-18-8-9-3-2-5-19-9/h9-10H,2-8H2,1H3,(H,13,14)(H,15,16). The molecule has 1 aliphatic heterocycles. The normalized spacial score (nSPS) is 20.2. The fourth-order valence-corrected chi connectivity index (χ4v) is 1.72. The molecule has 1 rings (SSSR count). The fraction of sp³-hybridized carbons (Fsp3) is 0.833. The summed E-state index contributed by atoms with van der Waals surface area (Å²) in [5, 5.41) is 11.2. The van der Waals surface area contributed by atoms with E-state index in [1.165, 1.54) is 7.11 Å². The topological polar surface area (TPSA) is 94.1 Å². The molecule has 1 saturated heterocycles. The Labute approximate surface area is 112 Å². The predicted molar refractivity (Wildman–Crippen MR) is 65.9 cm³/mol. The van der Waals surface area contributed by atoms with E-state index in [0.717, 1.165) is 19.4 Å². The van der Waals surface area contributed by atoms with Gasteiger partial charge in [-0.25, -0.2) is 4.79 Å². The minimum Gasteiger partial charge on any atom is -0.479 e. The maximum absolute atomic E-state index is 11.4. The third kappa shape index (κ3) is 6.51. The van der Waals surface area contributed by atoms with Crippen molar-refractivity contribution in [3.8, 4) is 0 Å². The quantitative estimate of drug-likeness (QED) is 0.565. The van der Waals surface area contributed by atoms with E-state index >= 15 is 0 Å². The maximum atomic E-state index is 11.4. The number of ether oxygens (including phenoxy) is 3. The highest BCUT2D eigenvalue weighted by Crippen LogP contribution is 2.11. The highest BCUT2D eigenvalue weighted by atomic mass is 16.5. The summed E-state index contributed by atoms with van der Waals surface area (Å²) >= 11 is 0. The van der Waals surface area contributed by atoms with E-state index in [9.17, 15) is 9.59 Å². The molecule has 7 nitrogen and oxygen atoms in total. The molecule has 1 aliphatic rings. The Balaban J connectivity index is 2.02. The van der Waals surface area contributed by atoms with Crippen LogP contribution in [0, 0.1) is 0 Å². The summed E-state index contributed by atoms with van der Waals surface area (Å²) in [6, 6.07) is 0. The number of amides is 1. The molecule has 1 heterocycles. The first-order valence-electron chi connectivity index (χ1n) is 6.35. The number of carboxylic acid groups (broad SMARTS) is 1. The van der Waals surface area contributed by atoms with Gasteiger partial charge in [0.25, 0.3) is 0 Å². The van der Waals surface area contributed by atoms with Gasteiger partial charge < -0.3 is 24.6 Å². The maximum Gasteiger partial charge on any atom is 0.334 e. The van der Waals surface area contributed by atoms with Crippen molar-refractivity contribution in [2.45, 2.75) is 31.5 Å². The van der Waals surface area contributed by atoms with Crippen molar-refractivity contribution < 1.29 is 28.9 Å². The lowest BCUT2D eigenvalue weighted by atomic mass is 10.2. The van der Waals surface area contributed by atoms with Crippen molar-refractivity contribution in [1.82, 2.24) is 5.32 Å². The fourth-order valence-electron chi connectivity index (χ4n) is 1.72. The van der Waals surface area contributed by atoms with E-state index in [1.807, 2.05) is 0 Å². The van der Waals surface area contributed by atoms with E-state index < -0.39 is 12.1 Å². The zero-order valence-corrected chi connectivity index (χ0v) is 11.1. The van der Waals surface area contributed by atoms with Gasteiger partial charge in [0.1, 0.15) is 0 Å². The van der Waals surface area contributed by atoms with Crippen LogP contribution in [-0.4, -0.2) is 62.7 Å². The van der Waals surface area contributed by atoms with Crippen LogP contribution in [0.3, 0.4) is 0 Å². The number of carbonyl (C=O) groups excluding carboxylic acids is 1. The molecule has 0 saturated carbocycles. The van der Waals surface area contributed by atoms with Crippen LogP contribution in [0.2, 0.25) is 0 Å². The third-order valence-corrected chi connectivity index (χ3v) is 2.85. The monoisotopic (exact) mass is 275 g/mol. The molecule has 0 aromatic heterocycles. The number of hydrogen-bond donors (Lipinski definition) is 2. The van der Waals surface area contributed by atoms with Crippen LogP contribution in [0.5, 0.6) is 0 Å². The number of nitrogens with one attached hydrogen (secondary N) is 1.